The van der Waals surface area contributed by atoms with E-state index in [1.165, 1.54) is 0 Å². The minimum absolute atomic E-state index is 0.0120. The molecule has 118 valence electrons. The number of carbonyl (C=O) groups excluding carboxylic acids is 2. The highest BCUT2D eigenvalue weighted by Gasteiger charge is 2.35. The van der Waals surface area contributed by atoms with Gasteiger partial charge in [-0.2, -0.15) is 0 Å². The van der Waals surface area contributed by atoms with E-state index >= 15 is 0 Å². The summed E-state index contributed by atoms with van der Waals surface area (Å²) in [6.07, 6.45) is 2.27. The van der Waals surface area contributed by atoms with Crippen LogP contribution in [0.25, 0.3) is 0 Å². The molecule has 3 rings (SSSR count). The number of benzene rings is 1. The van der Waals surface area contributed by atoms with E-state index in [0.29, 0.717) is 19.6 Å². The van der Waals surface area contributed by atoms with Crippen molar-refractivity contribution >= 4 is 17.5 Å². The number of hydrogen-bond acceptors (Lipinski definition) is 3. The summed E-state index contributed by atoms with van der Waals surface area (Å²) in [6.45, 7) is 3.19. The van der Waals surface area contributed by atoms with Gasteiger partial charge in [-0.05, 0) is 31.4 Å². The smallest absolute Gasteiger partial charge is 0.225 e. The molecule has 2 N–H and O–H groups in total. The molecule has 22 heavy (non-hydrogen) atoms. The average molecular weight is 302 g/mol. The maximum absolute atomic E-state index is 12.1. The van der Waals surface area contributed by atoms with E-state index < -0.39 is 0 Å². The minimum Gasteiger partial charge on any atom is -0.378 e. The Morgan fingerprint density at radius 3 is 2.91 bits per heavy atom. The predicted octanol–water partition coefficient (Wildman–Crippen LogP) is 2.04. The van der Waals surface area contributed by atoms with Gasteiger partial charge in [-0.25, -0.2) is 0 Å². The van der Waals surface area contributed by atoms with E-state index in [4.69, 9.17) is 4.74 Å². The fourth-order valence-corrected chi connectivity index (χ4v) is 3.20. The van der Waals surface area contributed by atoms with Crippen molar-refractivity contribution in [1.82, 2.24) is 5.32 Å². The highest BCUT2D eigenvalue weighted by molar-refractivity contribution is 5.94. The molecule has 1 fully saturated rings. The molecule has 0 bridgehead atoms. The Kier molecular flexibility index (Phi) is 4.43. The van der Waals surface area contributed by atoms with Crippen LogP contribution in [0.2, 0.25) is 0 Å². The molecule has 0 radical (unpaired) electrons. The topological polar surface area (TPSA) is 67.4 Å². The highest BCUT2D eigenvalue weighted by Crippen LogP contribution is 2.33. The normalized spacial score (nSPS) is 26.6. The highest BCUT2D eigenvalue weighted by atomic mass is 16.5. The lowest BCUT2D eigenvalue weighted by Crippen LogP contribution is -2.44. The Hall–Kier alpha value is -1.88. The molecule has 5 nitrogen and oxygen atoms in total. The summed E-state index contributed by atoms with van der Waals surface area (Å²) in [7, 11) is 0. The number of para-hydroxylation sites is 1. The van der Waals surface area contributed by atoms with Crippen LogP contribution in [0, 0.1) is 5.92 Å². The average Bonchev–Trinajstić information content (AvgIpc) is 2.47. The summed E-state index contributed by atoms with van der Waals surface area (Å²) in [5.41, 5.74) is 1.96. The van der Waals surface area contributed by atoms with Crippen LogP contribution in [0.4, 0.5) is 5.69 Å². The van der Waals surface area contributed by atoms with Gasteiger partial charge in [-0.3, -0.25) is 9.59 Å². The first-order valence-corrected chi connectivity index (χ1v) is 7.95. The van der Waals surface area contributed by atoms with Crippen molar-refractivity contribution in [2.24, 2.45) is 5.92 Å². The first-order chi connectivity index (χ1) is 10.7. The number of hydrogen-bond donors (Lipinski definition) is 2. The molecule has 0 spiro atoms. The van der Waals surface area contributed by atoms with E-state index in [9.17, 15) is 9.59 Å². The number of fused-ring (bicyclic) bond motifs is 1. The Morgan fingerprint density at radius 1 is 1.36 bits per heavy atom. The second-order valence-electron chi connectivity index (χ2n) is 6.03. The third-order valence-electron chi connectivity index (χ3n) is 4.50. The summed E-state index contributed by atoms with van der Waals surface area (Å²) < 4.78 is 5.48. The van der Waals surface area contributed by atoms with Gasteiger partial charge in [0.15, 0.2) is 0 Å². The molecule has 2 aliphatic rings. The Balaban J connectivity index is 1.54. The minimum atomic E-state index is 0.0120. The van der Waals surface area contributed by atoms with Gasteiger partial charge in [0.05, 0.1) is 6.10 Å². The van der Waals surface area contributed by atoms with Gasteiger partial charge >= 0.3 is 0 Å². The molecule has 1 aromatic carbocycles. The number of amides is 2. The number of anilines is 1. The lowest BCUT2D eigenvalue weighted by molar-refractivity contribution is -0.133. The molecule has 1 aliphatic carbocycles. The van der Waals surface area contributed by atoms with Crippen LogP contribution in [0.15, 0.2) is 24.3 Å². The van der Waals surface area contributed by atoms with Crippen molar-refractivity contribution in [3.8, 4) is 0 Å². The van der Waals surface area contributed by atoms with E-state index in [1.807, 2.05) is 31.2 Å². The predicted molar refractivity (Wildman–Crippen MR) is 83.6 cm³/mol. The van der Waals surface area contributed by atoms with Gasteiger partial charge in [0, 0.05) is 37.1 Å². The van der Waals surface area contributed by atoms with Gasteiger partial charge in [0.2, 0.25) is 11.8 Å². The summed E-state index contributed by atoms with van der Waals surface area (Å²) >= 11 is 0. The summed E-state index contributed by atoms with van der Waals surface area (Å²) in [5.74, 6) is 0.207. The Labute approximate surface area is 130 Å². The molecule has 1 atom stereocenters. The number of nitrogens with one attached hydrogen (secondary N) is 2. The second-order valence-corrected chi connectivity index (χ2v) is 6.03. The molecule has 1 aliphatic heterocycles. The van der Waals surface area contributed by atoms with Crippen molar-refractivity contribution in [3.05, 3.63) is 29.8 Å². The zero-order valence-corrected chi connectivity index (χ0v) is 12.8. The molecule has 1 saturated carbocycles. The molecule has 0 aromatic heterocycles. The molecular formula is C17H22N2O3. The van der Waals surface area contributed by atoms with Crippen molar-refractivity contribution in [2.75, 3.05) is 18.5 Å². The van der Waals surface area contributed by atoms with Gasteiger partial charge in [-0.15, -0.1) is 0 Å². The fourth-order valence-electron chi connectivity index (χ4n) is 3.20. The van der Waals surface area contributed by atoms with Gasteiger partial charge in [-0.1, -0.05) is 18.2 Å². The monoisotopic (exact) mass is 302 g/mol. The molecule has 0 saturated heterocycles. The van der Waals surface area contributed by atoms with Gasteiger partial charge in [0.1, 0.15) is 0 Å². The van der Waals surface area contributed by atoms with Gasteiger partial charge < -0.3 is 15.4 Å². The number of rotatable bonds is 5. The van der Waals surface area contributed by atoms with Crippen molar-refractivity contribution < 1.29 is 14.3 Å². The largest absolute Gasteiger partial charge is 0.378 e. The Morgan fingerprint density at radius 2 is 2.14 bits per heavy atom. The third-order valence-corrected chi connectivity index (χ3v) is 4.50. The van der Waals surface area contributed by atoms with Crippen LogP contribution in [0.3, 0.4) is 0 Å². The Bertz CT molecular complexity index is 567. The molecular weight excluding hydrogens is 280 g/mol. The fraction of sp³-hybridized carbons (Fsp3) is 0.529. The second kappa shape index (κ2) is 6.48. The standard InChI is InChI=1S/C17H22N2O3/c1-2-22-13-7-11(8-13)17(21)18-10-12-9-16(20)19-15-6-4-3-5-14(12)15/h3-6,11-13H,2,7-10H2,1H3,(H,18,21)(H,19,20). The van der Waals surface area contributed by atoms with Crippen molar-refractivity contribution in [2.45, 2.75) is 38.2 Å². The van der Waals surface area contributed by atoms with Crippen molar-refractivity contribution in [1.29, 1.82) is 0 Å². The maximum Gasteiger partial charge on any atom is 0.225 e. The summed E-state index contributed by atoms with van der Waals surface area (Å²) in [5, 5.41) is 5.88. The van der Waals surface area contributed by atoms with Crippen LogP contribution >= 0.6 is 0 Å². The lowest BCUT2D eigenvalue weighted by atomic mass is 9.81. The van der Waals surface area contributed by atoms with Crippen LogP contribution in [-0.4, -0.2) is 31.1 Å². The quantitative estimate of drug-likeness (QED) is 0.874. The third kappa shape index (κ3) is 3.14. The lowest BCUT2D eigenvalue weighted by Gasteiger charge is -2.34. The molecule has 2 amide bonds. The van der Waals surface area contributed by atoms with E-state index in [0.717, 1.165) is 24.1 Å². The molecule has 1 heterocycles. The van der Waals surface area contributed by atoms with Crippen LogP contribution in [0.5, 0.6) is 0 Å². The van der Waals surface area contributed by atoms with Crippen LogP contribution in [-0.2, 0) is 14.3 Å². The van der Waals surface area contributed by atoms with E-state index in [1.54, 1.807) is 0 Å². The van der Waals surface area contributed by atoms with Crippen LogP contribution < -0.4 is 10.6 Å². The first-order valence-electron chi connectivity index (χ1n) is 7.95. The maximum atomic E-state index is 12.1. The molecule has 5 heteroatoms. The SMILES string of the molecule is CCOC1CC(C(=O)NCC2CC(=O)Nc3ccccc32)C1. The number of ether oxygens (including phenoxy) is 1. The zero-order chi connectivity index (χ0) is 15.5. The van der Waals surface area contributed by atoms with Gasteiger partial charge in [0.25, 0.3) is 0 Å². The first kappa shape index (κ1) is 15.0. The summed E-state index contributed by atoms with van der Waals surface area (Å²) in [6, 6.07) is 7.78. The number of carbonyl (C=O) groups is 2. The van der Waals surface area contributed by atoms with Crippen molar-refractivity contribution in [3.63, 3.8) is 0 Å². The molecule has 1 unspecified atom stereocenters. The van der Waals surface area contributed by atoms with E-state index in [2.05, 4.69) is 10.6 Å². The molecule has 1 aromatic rings. The summed E-state index contributed by atoms with van der Waals surface area (Å²) in [4.78, 5) is 23.9. The van der Waals surface area contributed by atoms with E-state index in [-0.39, 0.29) is 29.8 Å². The van der Waals surface area contributed by atoms with Crippen LogP contribution in [0.1, 0.15) is 37.7 Å². The zero-order valence-electron chi connectivity index (χ0n) is 12.8.